The highest BCUT2D eigenvalue weighted by atomic mass is 16.6. The van der Waals surface area contributed by atoms with Crippen LogP contribution in [0.1, 0.15) is 105 Å². The summed E-state index contributed by atoms with van der Waals surface area (Å²) >= 11 is 0. The van der Waals surface area contributed by atoms with Crippen LogP contribution in [0.25, 0.3) is 0 Å². The zero-order valence-electron chi connectivity index (χ0n) is 27.4. The SMILES string of the molecule is CCc1ccc(C(C(=O)NC(C)(C)C)N(C(=O)C(Cc2ccccc2)NC(=O)OC(C)(C)C)C(C)CCC(C)C)cc1. The van der Waals surface area contributed by atoms with Crippen LogP contribution < -0.4 is 10.6 Å². The van der Waals surface area contributed by atoms with Crippen LogP contribution >= 0.6 is 0 Å². The number of aryl methyl sites for hydroxylation is 1. The number of hydrogen-bond donors (Lipinski definition) is 2. The van der Waals surface area contributed by atoms with Crippen LogP contribution in [-0.2, 0) is 27.2 Å². The maximum Gasteiger partial charge on any atom is 0.408 e. The van der Waals surface area contributed by atoms with Crippen molar-refractivity contribution in [3.63, 3.8) is 0 Å². The molecule has 2 rings (SSSR count). The highest BCUT2D eigenvalue weighted by molar-refractivity contribution is 5.92. The molecule has 0 saturated carbocycles. The van der Waals surface area contributed by atoms with E-state index in [9.17, 15) is 14.4 Å². The average molecular weight is 580 g/mol. The third kappa shape index (κ3) is 11.5. The van der Waals surface area contributed by atoms with Gasteiger partial charge in [-0.05, 0) is 90.3 Å². The van der Waals surface area contributed by atoms with Crippen LogP contribution in [0.3, 0.4) is 0 Å². The lowest BCUT2D eigenvalue weighted by Crippen LogP contribution is -2.57. The molecule has 0 radical (unpaired) electrons. The lowest BCUT2D eigenvalue weighted by Gasteiger charge is -2.40. The van der Waals surface area contributed by atoms with Crippen molar-refractivity contribution in [3.8, 4) is 0 Å². The van der Waals surface area contributed by atoms with E-state index in [2.05, 4.69) is 31.4 Å². The largest absolute Gasteiger partial charge is 0.444 e. The Balaban J connectivity index is 2.66. The van der Waals surface area contributed by atoms with Gasteiger partial charge in [-0.15, -0.1) is 0 Å². The van der Waals surface area contributed by atoms with Crippen LogP contribution in [0.4, 0.5) is 4.79 Å². The Labute approximate surface area is 253 Å². The van der Waals surface area contributed by atoms with Gasteiger partial charge >= 0.3 is 6.09 Å². The third-order valence-corrected chi connectivity index (χ3v) is 6.89. The minimum absolute atomic E-state index is 0.257. The minimum Gasteiger partial charge on any atom is -0.444 e. The van der Waals surface area contributed by atoms with Crippen molar-refractivity contribution in [2.24, 2.45) is 5.92 Å². The summed E-state index contributed by atoms with van der Waals surface area (Å²) in [5.74, 6) is -0.156. The number of carbonyl (C=O) groups excluding carboxylic acids is 3. The van der Waals surface area contributed by atoms with Gasteiger partial charge in [0.15, 0.2) is 0 Å². The Morgan fingerprint density at radius 3 is 1.93 bits per heavy atom. The van der Waals surface area contributed by atoms with E-state index in [1.165, 1.54) is 0 Å². The second-order valence-corrected chi connectivity index (χ2v) is 13.7. The van der Waals surface area contributed by atoms with Gasteiger partial charge in [0.2, 0.25) is 11.8 Å². The number of amides is 3. The topological polar surface area (TPSA) is 87.7 Å². The molecule has 0 aliphatic heterocycles. The summed E-state index contributed by atoms with van der Waals surface area (Å²) < 4.78 is 5.56. The zero-order chi connectivity index (χ0) is 31.7. The normalized spacial score (nSPS) is 14.1. The first-order valence-corrected chi connectivity index (χ1v) is 15.3. The molecule has 2 aromatic carbocycles. The number of nitrogens with zero attached hydrogens (tertiary/aromatic N) is 1. The number of alkyl carbamates (subject to hydrolysis) is 1. The standard InChI is InChI=1S/C35H53N3O4/c1-11-26-19-21-28(22-20-26)30(31(39)37-34(5,6)7)38(25(4)18-17-24(2)3)32(40)29(23-27-15-13-12-14-16-27)36-33(41)42-35(8,9)10/h12-16,19-22,24-25,29-30H,11,17-18,23H2,1-10H3,(H,36,41)(H,37,39). The quantitative estimate of drug-likeness (QED) is 0.284. The molecule has 42 heavy (non-hydrogen) atoms. The first kappa shape index (κ1) is 34.8. The summed E-state index contributed by atoms with van der Waals surface area (Å²) in [4.78, 5) is 43.5. The molecule has 232 valence electrons. The van der Waals surface area contributed by atoms with E-state index >= 15 is 0 Å². The van der Waals surface area contributed by atoms with Gasteiger partial charge in [-0.2, -0.15) is 0 Å². The van der Waals surface area contributed by atoms with Gasteiger partial charge < -0.3 is 20.3 Å². The lowest BCUT2D eigenvalue weighted by molar-refractivity contribution is -0.145. The highest BCUT2D eigenvalue weighted by Gasteiger charge is 2.39. The molecule has 0 bridgehead atoms. The molecule has 0 aliphatic carbocycles. The summed E-state index contributed by atoms with van der Waals surface area (Å²) in [5.41, 5.74) is 1.53. The van der Waals surface area contributed by atoms with Gasteiger partial charge in [-0.3, -0.25) is 9.59 Å². The number of nitrogens with one attached hydrogen (secondary N) is 2. The lowest BCUT2D eigenvalue weighted by atomic mass is 9.94. The summed E-state index contributed by atoms with van der Waals surface area (Å²) in [6.45, 7) is 19.5. The Hall–Kier alpha value is -3.35. The molecule has 2 aromatic rings. The molecular weight excluding hydrogens is 526 g/mol. The predicted octanol–water partition coefficient (Wildman–Crippen LogP) is 6.99. The Morgan fingerprint density at radius 2 is 1.43 bits per heavy atom. The van der Waals surface area contributed by atoms with Crippen molar-refractivity contribution in [2.45, 2.75) is 124 Å². The molecule has 0 aromatic heterocycles. The smallest absolute Gasteiger partial charge is 0.408 e. The minimum atomic E-state index is -0.941. The Morgan fingerprint density at radius 1 is 0.833 bits per heavy atom. The van der Waals surface area contributed by atoms with E-state index in [0.717, 1.165) is 29.5 Å². The Kier molecular flexibility index (Phi) is 12.6. The fraction of sp³-hybridized carbons (Fsp3) is 0.571. The van der Waals surface area contributed by atoms with Gasteiger partial charge in [0, 0.05) is 18.0 Å². The van der Waals surface area contributed by atoms with E-state index in [0.29, 0.717) is 12.3 Å². The molecule has 3 atom stereocenters. The fourth-order valence-corrected chi connectivity index (χ4v) is 4.80. The van der Waals surface area contributed by atoms with Crippen molar-refractivity contribution < 1.29 is 19.1 Å². The van der Waals surface area contributed by atoms with E-state index in [-0.39, 0.29) is 24.3 Å². The van der Waals surface area contributed by atoms with Crippen molar-refractivity contribution in [3.05, 3.63) is 71.3 Å². The molecule has 0 aliphatic rings. The summed E-state index contributed by atoms with van der Waals surface area (Å²) in [5, 5.41) is 5.97. The molecule has 2 N–H and O–H groups in total. The first-order valence-electron chi connectivity index (χ1n) is 15.3. The second-order valence-electron chi connectivity index (χ2n) is 13.7. The highest BCUT2D eigenvalue weighted by Crippen LogP contribution is 2.29. The van der Waals surface area contributed by atoms with Crippen molar-refractivity contribution >= 4 is 17.9 Å². The maximum atomic E-state index is 14.7. The van der Waals surface area contributed by atoms with Crippen LogP contribution in [-0.4, -0.2) is 46.0 Å². The van der Waals surface area contributed by atoms with Gasteiger partial charge in [-0.1, -0.05) is 75.4 Å². The molecule has 7 heteroatoms. The Bertz CT molecular complexity index is 1150. The van der Waals surface area contributed by atoms with Crippen molar-refractivity contribution in [1.29, 1.82) is 0 Å². The summed E-state index contributed by atoms with van der Waals surface area (Å²) in [6.07, 6.45) is 2.05. The monoisotopic (exact) mass is 579 g/mol. The van der Waals surface area contributed by atoms with E-state index in [1.807, 2.05) is 82.3 Å². The molecular formula is C35H53N3O4. The van der Waals surface area contributed by atoms with Crippen LogP contribution in [0.15, 0.2) is 54.6 Å². The van der Waals surface area contributed by atoms with Gasteiger partial charge in [0.25, 0.3) is 0 Å². The maximum absolute atomic E-state index is 14.7. The van der Waals surface area contributed by atoms with Gasteiger partial charge in [-0.25, -0.2) is 4.79 Å². The number of ether oxygens (including phenoxy) is 1. The van der Waals surface area contributed by atoms with Gasteiger partial charge in [0.05, 0.1) is 0 Å². The van der Waals surface area contributed by atoms with Crippen LogP contribution in [0.5, 0.6) is 0 Å². The average Bonchev–Trinajstić information content (AvgIpc) is 2.88. The summed E-state index contributed by atoms with van der Waals surface area (Å²) in [6, 6.07) is 15.4. The van der Waals surface area contributed by atoms with Crippen molar-refractivity contribution in [2.75, 3.05) is 0 Å². The molecule has 0 fully saturated rings. The van der Waals surface area contributed by atoms with E-state index < -0.39 is 29.3 Å². The number of hydrogen-bond acceptors (Lipinski definition) is 4. The fourth-order valence-electron chi connectivity index (χ4n) is 4.80. The zero-order valence-corrected chi connectivity index (χ0v) is 27.4. The van der Waals surface area contributed by atoms with Crippen molar-refractivity contribution in [1.82, 2.24) is 15.5 Å². The van der Waals surface area contributed by atoms with E-state index in [4.69, 9.17) is 4.74 Å². The van der Waals surface area contributed by atoms with Crippen LogP contribution in [0.2, 0.25) is 0 Å². The van der Waals surface area contributed by atoms with Gasteiger partial charge in [0.1, 0.15) is 17.7 Å². The molecule has 3 unspecified atom stereocenters. The molecule has 0 saturated heterocycles. The molecule has 0 heterocycles. The third-order valence-electron chi connectivity index (χ3n) is 6.89. The predicted molar refractivity (Wildman–Crippen MR) is 170 cm³/mol. The second kappa shape index (κ2) is 15.2. The molecule has 7 nitrogen and oxygen atoms in total. The summed E-state index contributed by atoms with van der Waals surface area (Å²) in [7, 11) is 0. The molecule has 0 spiro atoms. The first-order chi connectivity index (χ1) is 19.5. The number of carbonyl (C=O) groups is 3. The number of benzene rings is 2. The van der Waals surface area contributed by atoms with E-state index in [1.54, 1.807) is 25.7 Å². The van der Waals surface area contributed by atoms with Crippen LogP contribution in [0, 0.1) is 5.92 Å². The number of rotatable bonds is 12. The molecule has 3 amide bonds.